The van der Waals surface area contributed by atoms with Crippen molar-refractivity contribution in [1.29, 1.82) is 0 Å². The van der Waals surface area contributed by atoms with Crippen LogP contribution in [-0.4, -0.2) is 55.2 Å². The van der Waals surface area contributed by atoms with E-state index in [1.807, 2.05) is 23.1 Å². The van der Waals surface area contributed by atoms with Crippen molar-refractivity contribution in [3.63, 3.8) is 0 Å². The highest BCUT2D eigenvalue weighted by molar-refractivity contribution is 5.80. The topological polar surface area (TPSA) is 93.8 Å². The number of carbonyl (C=O) groups is 1. The third-order valence-corrected chi connectivity index (χ3v) is 5.92. The summed E-state index contributed by atoms with van der Waals surface area (Å²) in [4.78, 5) is 34.5. The molecular weight excluding hydrogens is 410 g/mol. The zero-order chi connectivity index (χ0) is 22.7. The van der Waals surface area contributed by atoms with Crippen LogP contribution < -0.4 is 19.8 Å². The van der Waals surface area contributed by atoms with Crippen molar-refractivity contribution in [2.45, 2.75) is 25.2 Å². The highest BCUT2D eigenvalue weighted by Gasteiger charge is 2.26. The van der Waals surface area contributed by atoms with Gasteiger partial charge >= 0.3 is 0 Å². The Labute approximate surface area is 186 Å². The number of benzene rings is 1. The van der Waals surface area contributed by atoms with Gasteiger partial charge < -0.3 is 24.1 Å². The number of aromatic amines is 1. The molecule has 8 nitrogen and oxygen atoms in total. The number of hydrogen-bond donors (Lipinski definition) is 1. The predicted octanol–water partition coefficient (Wildman–Crippen LogP) is 2.90. The monoisotopic (exact) mass is 437 g/mol. The molecule has 1 unspecified atom stereocenters. The molecule has 1 atom stereocenters. The number of ether oxygens (including phenoxy) is 3. The second kappa shape index (κ2) is 9.30. The first-order chi connectivity index (χ1) is 15.5. The largest absolute Gasteiger partial charge is 0.493 e. The summed E-state index contributed by atoms with van der Waals surface area (Å²) in [6.07, 6.45) is 3.62. The number of hydrogen-bond acceptors (Lipinski definition) is 6. The molecule has 8 heteroatoms. The van der Waals surface area contributed by atoms with Crippen LogP contribution in [0.15, 0.2) is 41.3 Å². The van der Waals surface area contributed by atoms with Crippen LogP contribution >= 0.6 is 0 Å². The summed E-state index contributed by atoms with van der Waals surface area (Å²) in [5.74, 6) is 1.64. The van der Waals surface area contributed by atoms with Gasteiger partial charge in [0.1, 0.15) is 5.52 Å². The van der Waals surface area contributed by atoms with Gasteiger partial charge in [0.25, 0.3) is 5.56 Å². The summed E-state index contributed by atoms with van der Waals surface area (Å²) < 4.78 is 16.2. The highest BCUT2D eigenvalue weighted by Crippen LogP contribution is 2.38. The molecule has 3 heterocycles. The number of amides is 1. The second-order valence-corrected chi connectivity index (χ2v) is 7.88. The molecule has 1 amide bonds. The summed E-state index contributed by atoms with van der Waals surface area (Å²) in [7, 11) is 4.65. The molecule has 1 fully saturated rings. The molecule has 1 N–H and O–H groups in total. The summed E-state index contributed by atoms with van der Waals surface area (Å²) in [6, 6.07) is 9.28. The summed E-state index contributed by atoms with van der Waals surface area (Å²) in [5, 5.41) is 0.812. The molecule has 4 rings (SSSR count). The third-order valence-electron chi connectivity index (χ3n) is 5.92. The van der Waals surface area contributed by atoms with Gasteiger partial charge in [-0.3, -0.25) is 14.6 Å². The molecule has 1 aromatic carbocycles. The van der Waals surface area contributed by atoms with Gasteiger partial charge in [-0.25, -0.2) is 0 Å². The van der Waals surface area contributed by atoms with Crippen molar-refractivity contribution in [3.8, 4) is 17.2 Å². The fraction of sp³-hybridized carbons (Fsp3) is 0.375. The number of nitrogens with zero attached hydrogens (tertiary/aromatic N) is 2. The Kier molecular flexibility index (Phi) is 6.30. The smallest absolute Gasteiger partial charge is 0.274 e. The Morgan fingerprint density at radius 3 is 2.59 bits per heavy atom. The van der Waals surface area contributed by atoms with Crippen LogP contribution in [0.2, 0.25) is 0 Å². The lowest BCUT2D eigenvalue weighted by molar-refractivity contribution is -0.131. The molecule has 3 aromatic rings. The van der Waals surface area contributed by atoms with Crippen LogP contribution in [0.3, 0.4) is 0 Å². The lowest BCUT2D eigenvalue weighted by Gasteiger charge is -2.33. The summed E-state index contributed by atoms with van der Waals surface area (Å²) >= 11 is 0. The SMILES string of the molecule is COc1cc(CC(=O)N2CCCC(c3cc4cccnc4c(=O)[nH]3)C2)cc(OC)c1OC. The van der Waals surface area contributed by atoms with Crippen molar-refractivity contribution < 1.29 is 19.0 Å². The minimum absolute atomic E-state index is 0.0220. The lowest BCUT2D eigenvalue weighted by atomic mass is 9.93. The predicted molar refractivity (Wildman–Crippen MR) is 121 cm³/mol. The zero-order valence-corrected chi connectivity index (χ0v) is 18.5. The molecule has 0 spiro atoms. The van der Waals surface area contributed by atoms with Gasteiger partial charge in [0.15, 0.2) is 11.5 Å². The Balaban J connectivity index is 1.53. The zero-order valence-electron chi connectivity index (χ0n) is 18.5. The van der Waals surface area contributed by atoms with E-state index in [2.05, 4.69) is 9.97 Å². The molecular formula is C24H27N3O5. The third kappa shape index (κ3) is 4.26. The average molecular weight is 437 g/mol. The average Bonchev–Trinajstić information content (AvgIpc) is 2.83. The Morgan fingerprint density at radius 1 is 1.16 bits per heavy atom. The van der Waals surface area contributed by atoms with Crippen molar-refractivity contribution in [2.24, 2.45) is 0 Å². The number of rotatable bonds is 6. The molecule has 0 saturated carbocycles. The van der Waals surface area contributed by atoms with Gasteiger partial charge in [-0.1, -0.05) is 6.07 Å². The van der Waals surface area contributed by atoms with Crippen LogP contribution in [0.4, 0.5) is 0 Å². The second-order valence-electron chi connectivity index (χ2n) is 7.88. The van der Waals surface area contributed by atoms with E-state index in [9.17, 15) is 9.59 Å². The van der Waals surface area contributed by atoms with Crippen LogP contribution in [0, 0.1) is 0 Å². The minimum atomic E-state index is -0.195. The maximum atomic E-state index is 13.1. The molecule has 1 aliphatic rings. The van der Waals surface area contributed by atoms with Crippen molar-refractivity contribution in [1.82, 2.24) is 14.9 Å². The van der Waals surface area contributed by atoms with Crippen molar-refractivity contribution in [3.05, 3.63) is 58.1 Å². The molecule has 1 saturated heterocycles. The van der Waals surface area contributed by atoms with E-state index in [1.165, 1.54) is 0 Å². The molecule has 1 aliphatic heterocycles. The minimum Gasteiger partial charge on any atom is -0.493 e. The van der Waals surface area contributed by atoms with E-state index in [1.54, 1.807) is 39.7 Å². The number of H-pyrrole nitrogens is 1. The fourth-order valence-corrected chi connectivity index (χ4v) is 4.32. The number of pyridine rings is 2. The molecule has 0 radical (unpaired) electrons. The number of methoxy groups -OCH3 is 3. The number of carbonyl (C=O) groups excluding carboxylic acids is 1. The van der Waals surface area contributed by atoms with E-state index < -0.39 is 0 Å². The first-order valence-corrected chi connectivity index (χ1v) is 10.6. The van der Waals surface area contributed by atoms with Gasteiger partial charge in [-0.15, -0.1) is 0 Å². The van der Waals surface area contributed by atoms with Gasteiger partial charge in [0, 0.05) is 36.3 Å². The highest BCUT2D eigenvalue weighted by atomic mass is 16.5. The van der Waals surface area contributed by atoms with Crippen LogP contribution in [-0.2, 0) is 11.2 Å². The molecule has 32 heavy (non-hydrogen) atoms. The Morgan fingerprint density at radius 2 is 1.91 bits per heavy atom. The quantitative estimate of drug-likeness (QED) is 0.637. The summed E-state index contributed by atoms with van der Waals surface area (Å²) in [6.45, 7) is 1.25. The van der Waals surface area contributed by atoms with E-state index in [0.29, 0.717) is 35.9 Å². The van der Waals surface area contributed by atoms with Crippen LogP contribution in [0.1, 0.15) is 30.0 Å². The number of fused-ring (bicyclic) bond motifs is 1. The number of likely N-dealkylation sites (tertiary alicyclic amines) is 1. The van der Waals surface area contributed by atoms with E-state index in [4.69, 9.17) is 14.2 Å². The van der Waals surface area contributed by atoms with E-state index in [0.717, 1.165) is 29.5 Å². The van der Waals surface area contributed by atoms with Gasteiger partial charge in [-0.05, 0) is 42.7 Å². The number of nitrogens with one attached hydrogen (secondary N) is 1. The first-order valence-electron chi connectivity index (χ1n) is 10.6. The number of piperidine rings is 1. The van der Waals surface area contributed by atoms with Gasteiger partial charge in [-0.2, -0.15) is 0 Å². The Hall–Kier alpha value is -3.55. The van der Waals surface area contributed by atoms with E-state index >= 15 is 0 Å². The van der Waals surface area contributed by atoms with Crippen molar-refractivity contribution >= 4 is 16.8 Å². The lowest BCUT2D eigenvalue weighted by Crippen LogP contribution is -2.40. The van der Waals surface area contributed by atoms with Crippen LogP contribution in [0.5, 0.6) is 17.2 Å². The first kappa shape index (κ1) is 21.7. The maximum absolute atomic E-state index is 13.1. The Bertz CT molecular complexity index is 1160. The number of aromatic nitrogens is 2. The van der Waals surface area contributed by atoms with Crippen LogP contribution in [0.25, 0.3) is 10.9 Å². The fourth-order valence-electron chi connectivity index (χ4n) is 4.32. The summed E-state index contributed by atoms with van der Waals surface area (Å²) in [5.41, 5.74) is 1.87. The molecule has 0 bridgehead atoms. The van der Waals surface area contributed by atoms with Crippen molar-refractivity contribution in [2.75, 3.05) is 34.4 Å². The molecule has 168 valence electrons. The van der Waals surface area contributed by atoms with Gasteiger partial charge in [0.2, 0.25) is 11.7 Å². The van der Waals surface area contributed by atoms with Gasteiger partial charge in [0.05, 0.1) is 27.8 Å². The normalized spacial score (nSPS) is 16.1. The maximum Gasteiger partial charge on any atom is 0.274 e. The molecule has 2 aromatic heterocycles. The molecule has 0 aliphatic carbocycles. The van der Waals surface area contributed by atoms with E-state index in [-0.39, 0.29) is 23.8 Å². The standard InChI is InChI=1S/C24H27N3O5/c1-30-19-10-15(11-20(31-2)23(19)32-3)12-21(28)27-9-5-7-17(14-27)18-13-16-6-4-8-25-22(16)24(29)26-18/h4,6,8,10-11,13,17H,5,7,9,12,14H2,1-3H3,(H,26,29).